The summed E-state index contributed by atoms with van der Waals surface area (Å²) in [6, 6.07) is 17.9. The summed E-state index contributed by atoms with van der Waals surface area (Å²) in [5, 5.41) is 8.87. The lowest BCUT2D eigenvalue weighted by molar-refractivity contribution is -0.137. The average Bonchev–Trinajstić information content (AvgIpc) is 3.33. The maximum atomic E-state index is 13.0. The Morgan fingerprint density at radius 2 is 1.59 bits per heavy atom. The number of imidazole rings is 1. The minimum absolute atomic E-state index is 0.0208. The Kier molecular flexibility index (Phi) is 6.41. The van der Waals surface area contributed by atoms with Gasteiger partial charge in [-0.2, -0.15) is 13.2 Å². The first-order chi connectivity index (χ1) is 17.7. The van der Waals surface area contributed by atoms with Crippen LogP contribution < -0.4 is 16.0 Å². The number of carbonyl (C=O) groups excluding carboxylic acids is 1. The monoisotopic (exact) mass is 522 g/mol. The van der Waals surface area contributed by atoms with Gasteiger partial charge in [-0.05, 0) is 48.5 Å². The van der Waals surface area contributed by atoms with E-state index < -0.39 is 17.8 Å². The molecule has 0 atom stereocenters. The fraction of sp³-hybridized carbons (Fsp3) is 0.0385. The molecule has 0 aliphatic heterocycles. The molecule has 7 nitrogen and oxygen atoms in total. The van der Waals surface area contributed by atoms with Crippen molar-refractivity contribution in [2.75, 3.05) is 16.0 Å². The zero-order valence-electron chi connectivity index (χ0n) is 18.9. The molecule has 11 heteroatoms. The van der Waals surface area contributed by atoms with Gasteiger partial charge in [0.1, 0.15) is 0 Å². The minimum Gasteiger partial charge on any atom is -0.337 e. The van der Waals surface area contributed by atoms with Gasteiger partial charge in [-0.3, -0.25) is 0 Å². The van der Waals surface area contributed by atoms with Gasteiger partial charge < -0.3 is 20.4 Å². The van der Waals surface area contributed by atoms with Gasteiger partial charge in [-0.25, -0.2) is 14.8 Å². The molecule has 0 fully saturated rings. The summed E-state index contributed by atoms with van der Waals surface area (Å²) < 4.78 is 40.7. The first-order valence-corrected chi connectivity index (χ1v) is 11.3. The molecule has 0 saturated carbocycles. The second-order valence-electron chi connectivity index (χ2n) is 8.01. The largest absolute Gasteiger partial charge is 0.416 e. The lowest BCUT2D eigenvalue weighted by Gasteiger charge is -2.12. The van der Waals surface area contributed by atoms with E-state index in [2.05, 4.69) is 20.9 Å². The van der Waals surface area contributed by atoms with E-state index in [1.54, 1.807) is 48.9 Å². The Morgan fingerprint density at radius 3 is 2.35 bits per heavy atom. The SMILES string of the molecule is O=C(Nc1cccc(-c2cn3ccnc3c(Nc3cccc(Cl)c3)n2)c1)Nc1cccc(C(F)(F)F)c1. The van der Waals surface area contributed by atoms with Crippen molar-refractivity contribution in [3.05, 3.63) is 102 Å². The number of fused-ring (bicyclic) bond motifs is 1. The molecule has 0 aliphatic rings. The van der Waals surface area contributed by atoms with Crippen LogP contribution in [-0.4, -0.2) is 20.4 Å². The van der Waals surface area contributed by atoms with Crippen molar-refractivity contribution in [3.8, 4) is 11.3 Å². The Labute approximate surface area is 214 Å². The highest BCUT2D eigenvalue weighted by Crippen LogP contribution is 2.31. The third-order valence-electron chi connectivity index (χ3n) is 5.33. The van der Waals surface area contributed by atoms with E-state index in [-0.39, 0.29) is 5.69 Å². The fourth-order valence-corrected chi connectivity index (χ4v) is 3.87. The number of alkyl halides is 3. The van der Waals surface area contributed by atoms with Gasteiger partial charge in [0, 0.05) is 46.2 Å². The second kappa shape index (κ2) is 9.82. The van der Waals surface area contributed by atoms with Gasteiger partial charge in [0.25, 0.3) is 0 Å². The molecule has 186 valence electrons. The van der Waals surface area contributed by atoms with Crippen LogP contribution in [-0.2, 0) is 6.18 Å². The second-order valence-corrected chi connectivity index (χ2v) is 8.44. The number of amides is 2. The molecule has 0 saturated heterocycles. The predicted molar refractivity (Wildman–Crippen MR) is 137 cm³/mol. The van der Waals surface area contributed by atoms with Crippen LogP contribution >= 0.6 is 11.6 Å². The molecule has 0 aliphatic carbocycles. The van der Waals surface area contributed by atoms with E-state index in [9.17, 15) is 18.0 Å². The number of aromatic nitrogens is 3. The summed E-state index contributed by atoms with van der Waals surface area (Å²) in [7, 11) is 0. The van der Waals surface area contributed by atoms with Crippen LogP contribution in [0.4, 0.5) is 40.8 Å². The number of nitrogens with zero attached hydrogens (tertiary/aromatic N) is 3. The first-order valence-electron chi connectivity index (χ1n) is 11.0. The molecule has 3 N–H and O–H groups in total. The predicted octanol–water partition coefficient (Wildman–Crippen LogP) is 7.46. The molecule has 3 aromatic carbocycles. The first kappa shape index (κ1) is 24.1. The molecule has 0 bridgehead atoms. The van der Waals surface area contributed by atoms with E-state index in [1.807, 2.05) is 22.6 Å². The molecule has 2 amide bonds. The number of urea groups is 1. The van der Waals surface area contributed by atoms with Crippen molar-refractivity contribution < 1.29 is 18.0 Å². The molecule has 5 rings (SSSR count). The smallest absolute Gasteiger partial charge is 0.337 e. The van der Waals surface area contributed by atoms with Crippen molar-refractivity contribution in [3.63, 3.8) is 0 Å². The quantitative estimate of drug-likeness (QED) is 0.224. The van der Waals surface area contributed by atoms with Gasteiger partial charge in [0.15, 0.2) is 11.5 Å². The number of halogens is 4. The number of nitrogens with one attached hydrogen (secondary N) is 3. The van der Waals surface area contributed by atoms with Gasteiger partial charge in [-0.1, -0.05) is 35.9 Å². The summed E-state index contributed by atoms with van der Waals surface area (Å²) in [4.78, 5) is 21.5. The molecule has 0 radical (unpaired) electrons. The summed E-state index contributed by atoms with van der Waals surface area (Å²) >= 11 is 6.10. The maximum Gasteiger partial charge on any atom is 0.416 e. The number of hydrogen-bond donors (Lipinski definition) is 3. The zero-order chi connectivity index (χ0) is 26.0. The van der Waals surface area contributed by atoms with Gasteiger partial charge in [0.2, 0.25) is 0 Å². The highest BCUT2D eigenvalue weighted by molar-refractivity contribution is 6.30. The summed E-state index contributed by atoms with van der Waals surface area (Å²) in [5.41, 5.74) is 2.24. The molecule has 2 aromatic heterocycles. The van der Waals surface area contributed by atoms with Crippen LogP contribution in [0.3, 0.4) is 0 Å². The summed E-state index contributed by atoms with van der Waals surface area (Å²) in [6.07, 6.45) is 0.730. The van der Waals surface area contributed by atoms with Gasteiger partial charge in [-0.15, -0.1) is 0 Å². The number of carbonyl (C=O) groups is 1. The molecule has 37 heavy (non-hydrogen) atoms. The molecule has 0 spiro atoms. The molecule has 5 aromatic rings. The third-order valence-corrected chi connectivity index (χ3v) is 5.56. The topological polar surface area (TPSA) is 83.4 Å². The van der Waals surface area contributed by atoms with E-state index >= 15 is 0 Å². The lowest BCUT2D eigenvalue weighted by Crippen LogP contribution is -2.19. The van der Waals surface area contributed by atoms with Gasteiger partial charge in [0.05, 0.1) is 11.3 Å². The standard InChI is InChI=1S/C26H18ClF3N6O/c27-18-6-3-9-21(14-18)32-23-24-31-10-11-36(24)15-22(35-23)16-4-1-7-19(12-16)33-25(37)34-20-8-2-5-17(13-20)26(28,29)30/h1-15H,(H,32,35)(H2,33,34,37). The van der Waals surface area contributed by atoms with Crippen LogP contribution in [0.1, 0.15) is 5.56 Å². The minimum atomic E-state index is -4.51. The zero-order valence-corrected chi connectivity index (χ0v) is 19.7. The Bertz CT molecular complexity index is 1600. The van der Waals surface area contributed by atoms with Crippen LogP contribution in [0.15, 0.2) is 91.4 Å². The Hall–Kier alpha value is -4.57. The van der Waals surface area contributed by atoms with Crippen molar-refractivity contribution in [1.82, 2.24) is 14.4 Å². The van der Waals surface area contributed by atoms with E-state index in [4.69, 9.17) is 16.6 Å². The summed E-state index contributed by atoms with van der Waals surface area (Å²) in [5.74, 6) is 0.505. The lowest BCUT2D eigenvalue weighted by atomic mass is 10.1. The van der Waals surface area contributed by atoms with E-state index in [0.29, 0.717) is 33.4 Å². The number of benzene rings is 3. The average molecular weight is 523 g/mol. The highest BCUT2D eigenvalue weighted by atomic mass is 35.5. The van der Waals surface area contributed by atoms with Crippen LogP contribution in [0, 0.1) is 0 Å². The van der Waals surface area contributed by atoms with E-state index in [1.165, 1.54) is 12.1 Å². The molecular weight excluding hydrogens is 505 g/mol. The Morgan fingerprint density at radius 1 is 0.892 bits per heavy atom. The highest BCUT2D eigenvalue weighted by Gasteiger charge is 2.30. The number of hydrogen-bond acceptors (Lipinski definition) is 4. The van der Waals surface area contributed by atoms with Crippen LogP contribution in [0.2, 0.25) is 5.02 Å². The van der Waals surface area contributed by atoms with E-state index in [0.717, 1.165) is 17.8 Å². The third kappa shape index (κ3) is 5.65. The molecule has 0 unspecified atom stereocenters. The normalized spacial score (nSPS) is 11.4. The van der Waals surface area contributed by atoms with Crippen molar-refractivity contribution in [2.24, 2.45) is 0 Å². The maximum absolute atomic E-state index is 13.0. The van der Waals surface area contributed by atoms with Crippen molar-refractivity contribution in [1.29, 1.82) is 0 Å². The Balaban J connectivity index is 1.38. The molecule has 2 heterocycles. The number of anilines is 4. The van der Waals surface area contributed by atoms with Crippen LogP contribution in [0.5, 0.6) is 0 Å². The van der Waals surface area contributed by atoms with Crippen LogP contribution in [0.25, 0.3) is 16.9 Å². The van der Waals surface area contributed by atoms with Crippen molar-refractivity contribution >= 4 is 46.2 Å². The van der Waals surface area contributed by atoms with Gasteiger partial charge >= 0.3 is 12.2 Å². The number of rotatable bonds is 5. The summed E-state index contributed by atoms with van der Waals surface area (Å²) in [6.45, 7) is 0. The van der Waals surface area contributed by atoms with Crippen molar-refractivity contribution in [2.45, 2.75) is 6.18 Å². The fourth-order valence-electron chi connectivity index (χ4n) is 3.68. The molecular formula is C26H18ClF3N6O.